The lowest BCUT2D eigenvalue weighted by molar-refractivity contribution is 0.0488. The molecule has 1 heterocycles. The summed E-state index contributed by atoms with van der Waals surface area (Å²) in [5.74, 6) is 0.274. The molecule has 1 saturated carbocycles. The second-order valence-corrected chi connectivity index (χ2v) is 10.7. The molecule has 7 heteroatoms. The SMILES string of the molecule is CCCc1sc(C(=O)OCCCO)cc1-c1c(Cl)cc(Cl)cc1CCC1CCC(Cl)C1. The average molecular weight is 504 g/mol. The molecule has 2 aromatic rings. The highest BCUT2D eigenvalue weighted by molar-refractivity contribution is 7.14. The number of aliphatic hydroxyl groups is 1. The number of alkyl halides is 1. The van der Waals surface area contributed by atoms with Gasteiger partial charge in [0.1, 0.15) is 4.88 Å². The molecule has 2 atom stereocenters. The minimum Gasteiger partial charge on any atom is -0.461 e. The summed E-state index contributed by atoms with van der Waals surface area (Å²) in [6, 6.07) is 5.68. The zero-order valence-corrected chi connectivity index (χ0v) is 20.8. The highest BCUT2D eigenvalue weighted by Gasteiger charge is 2.25. The first-order valence-corrected chi connectivity index (χ1v) is 13.0. The van der Waals surface area contributed by atoms with E-state index in [0.29, 0.717) is 32.6 Å². The van der Waals surface area contributed by atoms with Gasteiger partial charge in [-0.25, -0.2) is 4.79 Å². The molecule has 0 bridgehead atoms. The average Bonchev–Trinajstić information content (AvgIpc) is 3.33. The Morgan fingerprint density at radius 1 is 1.23 bits per heavy atom. The van der Waals surface area contributed by atoms with Gasteiger partial charge in [-0.3, -0.25) is 0 Å². The molecule has 3 rings (SSSR count). The maximum Gasteiger partial charge on any atom is 0.348 e. The highest BCUT2D eigenvalue weighted by Crippen LogP contribution is 2.42. The molecule has 2 unspecified atom stereocenters. The summed E-state index contributed by atoms with van der Waals surface area (Å²) in [5.41, 5.74) is 3.09. The van der Waals surface area contributed by atoms with E-state index in [4.69, 9.17) is 44.6 Å². The van der Waals surface area contributed by atoms with Gasteiger partial charge in [0, 0.05) is 33.9 Å². The molecule has 0 radical (unpaired) electrons. The molecule has 0 saturated heterocycles. The summed E-state index contributed by atoms with van der Waals surface area (Å²) >= 11 is 20.8. The second-order valence-electron chi connectivity index (χ2n) is 8.15. The Morgan fingerprint density at radius 2 is 2.03 bits per heavy atom. The molecular formula is C24H29Cl3O3S. The van der Waals surface area contributed by atoms with E-state index in [1.54, 1.807) is 6.07 Å². The van der Waals surface area contributed by atoms with Crippen LogP contribution in [-0.4, -0.2) is 29.7 Å². The smallest absolute Gasteiger partial charge is 0.348 e. The van der Waals surface area contributed by atoms with Crippen molar-refractivity contribution >= 4 is 52.1 Å². The number of halogens is 3. The highest BCUT2D eigenvalue weighted by atomic mass is 35.5. The Hall–Kier alpha value is -0.780. The van der Waals surface area contributed by atoms with Crippen LogP contribution in [0.2, 0.25) is 10.0 Å². The largest absolute Gasteiger partial charge is 0.461 e. The van der Waals surface area contributed by atoms with Crippen molar-refractivity contribution in [3.63, 3.8) is 0 Å². The number of aliphatic hydroxyl groups excluding tert-OH is 1. The molecule has 1 fully saturated rings. The number of ether oxygens (including phenoxy) is 1. The fourth-order valence-corrected chi connectivity index (χ4v) is 6.39. The Balaban J connectivity index is 1.91. The number of rotatable bonds is 10. The van der Waals surface area contributed by atoms with E-state index < -0.39 is 0 Å². The molecule has 0 amide bonds. The second kappa shape index (κ2) is 11.9. The van der Waals surface area contributed by atoms with Crippen LogP contribution in [0.1, 0.15) is 65.6 Å². The number of benzene rings is 1. The van der Waals surface area contributed by atoms with Gasteiger partial charge in [-0.2, -0.15) is 0 Å². The van der Waals surface area contributed by atoms with Crippen LogP contribution in [0.4, 0.5) is 0 Å². The lowest BCUT2D eigenvalue weighted by atomic mass is 9.92. The molecule has 1 aliphatic carbocycles. The monoisotopic (exact) mass is 502 g/mol. The zero-order valence-electron chi connectivity index (χ0n) is 17.8. The van der Waals surface area contributed by atoms with Crippen molar-refractivity contribution < 1.29 is 14.6 Å². The van der Waals surface area contributed by atoms with E-state index in [1.807, 2.05) is 12.1 Å². The van der Waals surface area contributed by atoms with Crippen LogP contribution in [-0.2, 0) is 17.6 Å². The quantitative estimate of drug-likeness (QED) is 0.207. The number of hydrogen-bond acceptors (Lipinski definition) is 4. The van der Waals surface area contributed by atoms with Gasteiger partial charge in [-0.1, -0.05) is 36.5 Å². The third-order valence-electron chi connectivity index (χ3n) is 5.73. The standard InChI is InChI=1S/C24H29Cl3O3S/c1-2-4-21-19(14-22(31-21)24(29)30-10-3-9-28)23-16(12-18(26)13-20(23)27)7-5-15-6-8-17(25)11-15/h12-15,17,28H,2-11H2,1H3. The molecule has 31 heavy (non-hydrogen) atoms. The van der Waals surface area contributed by atoms with Gasteiger partial charge in [0.2, 0.25) is 0 Å². The van der Waals surface area contributed by atoms with Crippen LogP contribution in [0.25, 0.3) is 11.1 Å². The van der Waals surface area contributed by atoms with Crippen molar-refractivity contribution in [2.24, 2.45) is 5.92 Å². The van der Waals surface area contributed by atoms with Crippen LogP contribution in [0, 0.1) is 5.92 Å². The molecule has 170 valence electrons. The van der Waals surface area contributed by atoms with Crippen LogP contribution in [0.15, 0.2) is 18.2 Å². The summed E-state index contributed by atoms with van der Waals surface area (Å²) in [6.45, 7) is 2.33. The van der Waals surface area contributed by atoms with Crippen molar-refractivity contribution in [3.8, 4) is 11.1 Å². The van der Waals surface area contributed by atoms with Crippen LogP contribution in [0.3, 0.4) is 0 Å². The first-order valence-electron chi connectivity index (χ1n) is 11.0. The maximum absolute atomic E-state index is 12.5. The minimum absolute atomic E-state index is 0.000737. The number of hydrogen-bond donors (Lipinski definition) is 1. The van der Waals surface area contributed by atoms with Crippen molar-refractivity contribution in [1.82, 2.24) is 0 Å². The van der Waals surface area contributed by atoms with Gasteiger partial charge in [-0.05, 0) is 73.8 Å². The van der Waals surface area contributed by atoms with E-state index in [9.17, 15) is 4.79 Å². The molecule has 3 nitrogen and oxygen atoms in total. The third kappa shape index (κ3) is 6.61. The van der Waals surface area contributed by atoms with E-state index in [2.05, 4.69) is 6.92 Å². The van der Waals surface area contributed by atoms with Gasteiger partial charge in [-0.15, -0.1) is 22.9 Å². The maximum atomic E-state index is 12.5. The Kier molecular flexibility index (Phi) is 9.54. The first kappa shape index (κ1) is 24.9. The van der Waals surface area contributed by atoms with E-state index in [0.717, 1.165) is 60.1 Å². The number of thiophene rings is 1. The predicted octanol–water partition coefficient (Wildman–Crippen LogP) is 7.55. The van der Waals surface area contributed by atoms with E-state index in [1.165, 1.54) is 17.8 Å². The molecule has 0 aliphatic heterocycles. The Bertz CT molecular complexity index is 896. The normalized spacial score (nSPS) is 18.5. The van der Waals surface area contributed by atoms with Gasteiger partial charge >= 0.3 is 5.97 Å². The summed E-state index contributed by atoms with van der Waals surface area (Å²) in [4.78, 5) is 14.2. The molecule has 1 N–H and O–H groups in total. The van der Waals surface area contributed by atoms with Gasteiger partial charge < -0.3 is 9.84 Å². The summed E-state index contributed by atoms with van der Waals surface area (Å²) < 4.78 is 5.30. The van der Waals surface area contributed by atoms with Gasteiger partial charge in [0.05, 0.1) is 11.6 Å². The molecule has 1 aromatic heterocycles. The predicted molar refractivity (Wildman–Crippen MR) is 131 cm³/mol. The van der Waals surface area contributed by atoms with Crippen LogP contribution in [0.5, 0.6) is 0 Å². The summed E-state index contributed by atoms with van der Waals surface area (Å²) in [5, 5.41) is 10.5. The van der Waals surface area contributed by atoms with E-state index >= 15 is 0 Å². The summed E-state index contributed by atoms with van der Waals surface area (Å²) in [7, 11) is 0. The minimum atomic E-state index is -0.354. The first-order chi connectivity index (χ1) is 14.9. The zero-order chi connectivity index (χ0) is 22.4. The lowest BCUT2D eigenvalue weighted by Gasteiger charge is -2.15. The molecule has 1 aromatic carbocycles. The van der Waals surface area contributed by atoms with Crippen molar-refractivity contribution in [1.29, 1.82) is 0 Å². The Morgan fingerprint density at radius 3 is 2.71 bits per heavy atom. The van der Waals surface area contributed by atoms with Crippen molar-refractivity contribution in [2.45, 2.75) is 63.7 Å². The van der Waals surface area contributed by atoms with Crippen LogP contribution < -0.4 is 0 Å². The molecular weight excluding hydrogens is 475 g/mol. The number of carbonyl (C=O) groups excluding carboxylic acids is 1. The fourth-order valence-electron chi connectivity index (χ4n) is 4.22. The number of aryl methyl sites for hydroxylation is 2. The Labute approximate surface area is 203 Å². The van der Waals surface area contributed by atoms with Crippen molar-refractivity contribution in [2.75, 3.05) is 13.2 Å². The van der Waals surface area contributed by atoms with Crippen LogP contribution >= 0.6 is 46.1 Å². The lowest BCUT2D eigenvalue weighted by Crippen LogP contribution is -2.05. The van der Waals surface area contributed by atoms with Gasteiger partial charge in [0.25, 0.3) is 0 Å². The number of carbonyl (C=O) groups is 1. The molecule has 1 aliphatic rings. The van der Waals surface area contributed by atoms with Gasteiger partial charge in [0.15, 0.2) is 0 Å². The fraction of sp³-hybridized carbons (Fsp3) is 0.542. The third-order valence-corrected chi connectivity index (χ3v) is 7.82. The molecule has 0 spiro atoms. The summed E-state index contributed by atoms with van der Waals surface area (Å²) in [6.07, 6.45) is 7.50. The van der Waals surface area contributed by atoms with Crippen molar-refractivity contribution in [3.05, 3.63) is 43.6 Å². The van der Waals surface area contributed by atoms with E-state index in [-0.39, 0.29) is 19.2 Å². The number of esters is 1. The topological polar surface area (TPSA) is 46.5 Å².